The molecule has 174 valence electrons. The number of pyridine rings is 1. The fourth-order valence-electron chi connectivity index (χ4n) is 3.45. The van der Waals surface area contributed by atoms with Gasteiger partial charge in [0.2, 0.25) is 5.91 Å². The number of benzene rings is 1. The van der Waals surface area contributed by atoms with Gasteiger partial charge >= 0.3 is 0 Å². The Kier molecular flexibility index (Phi) is 8.35. The van der Waals surface area contributed by atoms with Crippen LogP contribution in [0.2, 0.25) is 0 Å². The van der Waals surface area contributed by atoms with Crippen molar-refractivity contribution in [2.45, 2.75) is 52.4 Å². The smallest absolute Gasteiger partial charge is 0.265 e. The highest BCUT2D eigenvalue weighted by Crippen LogP contribution is 2.27. The molecule has 1 aromatic carbocycles. The van der Waals surface area contributed by atoms with E-state index in [2.05, 4.69) is 49.0 Å². The third kappa shape index (κ3) is 6.51. The zero-order chi connectivity index (χ0) is 23.8. The number of ether oxygens (including phenoxy) is 1. The standard InChI is InChI=1S/C26H32N4O3/c1-18(2)20-14-22(19(3)4)25-23(15-20)26(32)30(17-29-25)12-9-24(31)28-11-5-6-13-33-21-8-7-10-27-16-21/h7-10,12,14-19H,5-6,11,13H2,1-4H3,(H,28,31). The van der Waals surface area contributed by atoms with Crippen molar-refractivity contribution in [2.24, 2.45) is 0 Å². The Hall–Kier alpha value is -3.48. The van der Waals surface area contributed by atoms with E-state index >= 15 is 0 Å². The number of carbonyl (C=O) groups excluding carboxylic acids is 1. The Labute approximate surface area is 194 Å². The van der Waals surface area contributed by atoms with Crippen molar-refractivity contribution in [2.75, 3.05) is 13.2 Å². The minimum absolute atomic E-state index is 0.180. The highest BCUT2D eigenvalue weighted by molar-refractivity contribution is 5.90. The van der Waals surface area contributed by atoms with Crippen molar-refractivity contribution in [3.63, 3.8) is 0 Å². The Balaban J connectivity index is 1.59. The van der Waals surface area contributed by atoms with E-state index in [0.29, 0.717) is 24.5 Å². The second kappa shape index (κ2) is 11.4. The van der Waals surface area contributed by atoms with Crippen LogP contribution in [0.15, 0.2) is 53.9 Å². The van der Waals surface area contributed by atoms with Gasteiger partial charge in [-0.1, -0.05) is 33.8 Å². The van der Waals surface area contributed by atoms with Crippen molar-refractivity contribution < 1.29 is 9.53 Å². The van der Waals surface area contributed by atoms with E-state index in [1.807, 2.05) is 18.2 Å². The van der Waals surface area contributed by atoms with Gasteiger partial charge in [-0.05, 0) is 54.0 Å². The molecule has 33 heavy (non-hydrogen) atoms. The summed E-state index contributed by atoms with van der Waals surface area (Å²) in [7, 11) is 0. The van der Waals surface area contributed by atoms with Crippen LogP contribution >= 0.6 is 0 Å². The lowest BCUT2D eigenvalue weighted by Crippen LogP contribution is -2.23. The summed E-state index contributed by atoms with van der Waals surface area (Å²) in [5.41, 5.74) is 2.72. The quantitative estimate of drug-likeness (QED) is 0.365. The van der Waals surface area contributed by atoms with E-state index in [4.69, 9.17) is 4.74 Å². The number of amides is 1. The first-order valence-electron chi connectivity index (χ1n) is 11.4. The number of rotatable bonds is 10. The normalized spacial score (nSPS) is 11.6. The molecular weight excluding hydrogens is 416 g/mol. The fourth-order valence-corrected chi connectivity index (χ4v) is 3.45. The number of fused-ring (bicyclic) bond motifs is 1. The third-order valence-corrected chi connectivity index (χ3v) is 5.39. The molecule has 0 saturated carbocycles. The van der Waals surface area contributed by atoms with Crippen LogP contribution in [0.5, 0.6) is 5.75 Å². The Morgan fingerprint density at radius 1 is 1.18 bits per heavy atom. The molecule has 0 saturated heterocycles. The summed E-state index contributed by atoms with van der Waals surface area (Å²) in [5.74, 6) is 1.04. The van der Waals surface area contributed by atoms with Gasteiger partial charge in [0.1, 0.15) is 12.1 Å². The third-order valence-electron chi connectivity index (χ3n) is 5.39. The van der Waals surface area contributed by atoms with E-state index in [1.165, 1.54) is 23.2 Å². The molecule has 0 bridgehead atoms. The van der Waals surface area contributed by atoms with Crippen molar-refractivity contribution >= 4 is 23.0 Å². The molecule has 1 amide bonds. The second-order valence-corrected chi connectivity index (χ2v) is 8.62. The maximum Gasteiger partial charge on any atom is 0.265 e. The average Bonchev–Trinajstić information content (AvgIpc) is 2.80. The average molecular weight is 449 g/mol. The van der Waals surface area contributed by atoms with Gasteiger partial charge in [0.15, 0.2) is 0 Å². The van der Waals surface area contributed by atoms with E-state index < -0.39 is 0 Å². The van der Waals surface area contributed by atoms with Crippen molar-refractivity contribution in [3.05, 3.63) is 70.5 Å². The van der Waals surface area contributed by atoms with Gasteiger partial charge in [0.05, 0.1) is 23.7 Å². The SMILES string of the molecule is CC(C)c1cc(C(C)C)c2ncn(C=CC(=O)NCCCCOc3cccnc3)c(=O)c2c1. The van der Waals surface area contributed by atoms with Gasteiger partial charge in [-0.3, -0.25) is 19.1 Å². The molecule has 0 unspecified atom stereocenters. The second-order valence-electron chi connectivity index (χ2n) is 8.62. The molecule has 3 rings (SSSR count). The van der Waals surface area contributed by atoms with Gasteiger partial charge in [0.25, 0.3) is 5.56 Å². The molecule has 0 atom stereocenters. The van der Waals surface area contributed by atoms with Crippen LogP contribution in [-0.4, -0.2) is 33.6 Å². The largest absolute Gasteiger partial charge is 0.492 e. The van der Waals surface area contributed by atoms with Gasteiger partial charge < -0.3 is 10.1 Å². The number of nitrogens with zero attached hydrogens (tertiary/aromatic N) is 3. The molecule has 3 aromatic rings. The molecule has 0 aliphatic rings. The minimum atomic E-state index is -0.256. The van der Waals surface area contributed by atoms with Crippen molar-refractivity contribution in [1.29, 1.82) is 0 Å². The minimum Gasteiger partial charge on any atom is -0.492 e. The molecule has 7 nitrogen and oxygen atoms in total. The molecule has 0 aliphatic heterocycles. The lowest BCUT2D eigenvalue weighted by atomic mass is 9.93. The molecule has 2 heterocycles. The van der Waals surface area contributed by atoms with Crippen LogP contribution in [0, 0.1) is 0 Å². The number of unbranched alkanes of at least 4 members (excludes halogenated alkanes) is 1. The summed E-state index contributed by atoms with van der Waals surface area (Å²) in [5, 5.41) is 3.40. The Morgan fingerprint density at radius 2 is 2.00 bits per heavy atom. The number of hydrogen-bond acceptors (Lipinski definition) is 5. The van der Waals surface area contributed by atoms with E-state index in [1.54, 1.807) is 12.4 Å². The number of hydrogen-bond donors (Lipinski definition) is 1. The number of aromatic nitrogens is 3. The van der Waals surface area contributed by atoms with Crippen LogP contribution in [-0.2, 0) is 4.79 Å². The molecule has 0 fully saturated rings. The zero-order valence-electron chi connectivity index (χ0n) is 19.7. The van der Waals surface area contributed by atoms with E-state index in [-0.39, 0.29) is 17.4 Å². The van der Waals surface area contributed by atoms with Crippen LogP contribution in [0.3, 0.4) is 0 Å². The lowest BCUT2D eigenvalue weighted by molar-refractivity contribution is -0.116. The van der Waals surface area contributed by atoms with Crippen LogP contribution in [0.1, 0.15) is 63.5 Å². The highest BCUT2D eigenvalue weighted by Gasteiger charge is 2.14. The predicted molar refractivity (Wildman–Crippen MR) is 131 cm³/mol. The summed E-state index contributed by atoms with van der Waals surface area (Å²) in [6.07, 6.45) is 9.26. The Bertz CT molecular complexity index is 1170. The first kappa shape index (κ1) is 24.2. The lowest BCUT2D eigenvalue weighted by Gasteiger charge is -2.14. The van der Waals surface area contributed by atoms with Gasteiger partial charge in [0, 0.05) is 25.0 Å². The summed E-state index contributed by atoms with van der Waals surface area (Å²) in [6, 6.07) is 7.74. The van der Waals surface area contributed by atoms with E-state index in [9.17, 15) is 9.59 Å². The summed E-state index contributed by atoms with van der Waals surface area (Å²) >= 11 is 0. The molecule has 1 N–H and O–H groups in total. The molecule has 0 radical (unpaired) electrons. The predicted octanol–water partition coefficient (Wildman–Crippen LogP) is 4.48. The molecule has 0 spiro atoms. The van der Waals surface area contributed by atoms with Gasteiger partial charge in [-0.25, -0.2) is 4.98 Å². The Morgan fingerprint density at radius 3 is 2.70 bits per heavy atom. The number of nitrogens with one attached hydrogen (secondary N) is 1. The fraction of sp³-hybridized carbons (Fsp3) is 0.385. The van der Waals surface area contributed by atoms with Crippen LogP contribution < -0.4 is 15.6 Å². The summed E-state index contributed by atoms with van der Waals surface area (Å²) < 4.78 is 6.94. The zero-order valence-corrected chi connectivity index (χ0v) is 19.7. The van der Waals surface area contributed by atoms with Crippen molar-refractivity contribution in [1.82, 2.24) is 19.9 Å². The van der Waals surface area contributed by atoms with Gasteiger partial charge in [-0.15, -0.1) is 0 Å². The van der Waals surface area contributed by atoms with Crippen LogP contribution in [0.4, 0.5) is 0 Å². The summed E-state index contributed by atoms with van der Waals surface area (Å²) in [4.78, 5) is 33.7. The highest BCUT2D eigenvalue weighted by atomic mass is 16.5. The first-order chi connectivity index (χ1) is 15.9. The maximum atomic E-state index is 13.1. The maximum absolute atomic E-state index is 13.1. The number of carbonyl (C=O) groups is 1. The van der Waals surface area contributed by atoms with Crippen molar-refractivity contribution in [3.8, 4) is 5.75 Å². The monoisotopic (exact) mass is 448 g/mol. The van der Waals surface area contributed by atoms with E-state index in [0.717, 1.165) is 35.2 Å². The topological polar surface area (TPSA) is 86.1 Å². The van der Waals surface area contributed by atoms with Gasteiger partial charge in [-0.2, -0.15) is 0 Å². The molecule has 0 aliphatic carbocycles. The van der Waals surface area contributed by atoms with Crippen LogP contribution in [0.25, 0.3) is 17.1 Å². The first-order valence-corrected chi connectivity index (χ1v) is 11.4. The molecule has 7 heteroatoms. The molecular formula is C26H32N4O3. The molecule has 2 aromatic heterocycles. The summed E-state index contributed by atoms with van der Waals surface area (Å²) in [6.45, 7) is 9.50.